The third-order valence-electron chi connectivity index (χ3n) is 7.12. The Hall–Kier alpha value is -5.68. The van der Waals surface area contributed by atoms with E-state index in [2.05, 4.69) is 15.5 Å². The van der Waals surface area contributed by atoms with Crippen LogP contribution < -0.4 is 33.8 Å². The van der Waals surface area contributed by atoms with Gasteiger partial charge in [0.2, 0.25) is 5.75 Å². The van der Waals surface area contributed by atoms with E-state index in [-0.39, 0.29) is 22.8 Å². The highest BCUT2D eigenvalue weighted by atomic mass is 35.5. The number of hydrogen-bond donors (Lipinski definition) is 2. The number of carbonyl (C=O) groups is 2. The first kappa shape index (κ1) is 32.7. The van der Waals surface area contributed by atoms with E-state index in [1.165, 1.54) is 46.8 Å². The zero-order valence-electron chi connectivity index (χ0n) is 26.3. The SMILES string of the molecule is CCOc1ccc2[nH]c(C(=O)NN=Cc3ccc(OC(=O)c4cc(OC)c(OC)c(OC)c4)c(OC)c3)c(-c3ccccc3Cl)c2c1. The molecule has 0 saturated heterocycles. The van der Waals surface area contributed by atoms with Crippen molar-refractivity contribution < 1.29 is 38.0 Å². The third kappa shape index (κ3) is 6.95. The van der Waals surface area contributed by atoms with Crippen LogP contribution in [0.25, 0.3) is 22.0 Å². The molecule has 0 bridgehead atoms. The van der Waals surface area contributed by atoms with Gasteiger partial charge in [0.05, 0.1) is 46.8 Å². The lowest BCUT2D eigenvalue weighted by Crippen LogP contribution is -2.19. The van der Waals surface area contributed by atoms with Crippen molar-refractivity contribution in [3.05, 3.63) is 94.6 Å². The van der Waals surface area contributed by atoms with Crippen LogP contribution in [-0.4, -0.2) is 58.1 Å². The number of ether oxygens (including phenoxy) is 6. The number of rotatable bonds is 12. The summed E-state index contributed by atoms with van der Waals surface area (Å²) < 4.78 is 32.7. The fourth-order valence-corrected chi connectivity index (χ4v) is 5.20. The Morgan fingerprint density at radius 3 is 2.23 bits per heavy atom. The highest BCUT2D eigenvalue weighted by molar-refractivity contribution is 6.34. The third-order valence-corrected chi connectivity index (χ3v) is 7.45. The summed E-state index contributed by atoms with van der Waals surface area (Å²) in [6, 6.07) is 20.6. The van der Waals surface area contributed by atoms with Crippen molar-refractivity contribution in [2.45, 2.75) is 6.92 Å². The van der Waals surface area contributed by atoms with Gasteiger partial charge in [0.25, 0.3) is 5.91 Å². The number of esters is 1. The predicted molar refractivity (Wildman–Crippen MR) is 179 cm³/mol. The van der Waals surface area contributed by atoms with Crippen molar-refractivity contribution in [3.8, 4) is 45.6 Å². The Balaban J connectivity index is 1.37. The minimum Gasteiger partial charge on any atom is -0.494 e. The van der Waals surface area contributed by atoms with Crippen molar-refractivity contribution in [1.29, 1.82) is 0 Å². The number of carbonyl (C=O) groups excluding carboxylic acids is 2. The quantitative estimate of drug-likeness (QED) is 0.0641. The van der Waals surface area contributed by atoms with Crippen molar-refractivity contribution in [1.82, 2.24) is 10.4 Å². The molecule has 47 heavy (non-hydrogen) atoms. The fraction of sp³-hybridized carbons (Fsp3) is 0.171. The van der Waals surface area contributed by atoms with Gasteiger partial charge in [-0.1, -0.05) is 29.8 Å². The molecule has 5 aromatic rings. The second kappa shape index (κ2) is 14.6. The first-order valence-corrected chi connectivity index (χ1v) is 14.8. The molecule has 1 aromatic heterocycles. The maximum absolute atomic E-state index is 13.4. The van der Waals surface area contributed by atoms with Gasteiger partial charge in [-0.15, -0.1) is 0 Å². The summed E-state index contributed by atoms with van der Waals surface area (Å²) in [7, 11) is 5.82. The molecule has 11 nitrogen and oxygen atoms in total. The topological polar surface area (TPSA) is 130 Å². The Morgan fingerprint density at radius 2 is 1.57 bits per heavy atom. The summed E-state index contributed by atoms with van der Waals surface area (Å²) in [6.07, 6.45) is 1.44. The number of aromatic amines is 1. The number of amides is 1. The van der Waals surface area contributed by atoms with E-state index in [1.54, 1.807) is 24.3 Å². The summed E-state index contributed by atoms with van der Waals surface area (Å²) in [5.41, 5.74) is 5.65. The minimum atomic E-state index is -0.669. The number of hydrogen-bond acceptors (Lipinski definition) is 9. The van der Waals surface area contributed by atoms with Crippen LogP contribution in [0.15, 0.2) is 77.9 Å². The second-order valence-corrected chi connectivity index (χ2v) is 10.3. The van der Waals surface area contributed by atoms with Gasteiger partial charge < -0.3 is 33.4 Å². The molecule has 0 atom stereocenters. The largest absolute Gasteiger partial charge is 0.494 e. The molecule has 5 rings (SSSR count). The van der Waals surface area contributed by atoms with Crippen LogP contribution in [0.4, 0.5) is 0 Å². The normalized spacial score (nSPS) is 10.9. The lowest BCUT2D eigenvalue weighted by atomic mass is 10.0. The second-order valence-electron chi connectivity index (χ2n) is 9.91. The molecule has 0 fully saturated rings. The monoisotopic (exact) mass is 657 g/mol. The smallest absolute Gasteiger partial charge is 0.343 e. The Bertz CT molecular complexity index is 1950. The molecule has 4 aromatic carbocycles. The van der Waals surface area contributed by atoms with Gasteiger partial charge in [-0.25, -0.2) is 10.2 Å². The Labute approximate surface area is 276 Å². The number of nitrogens with one attached hydrogen (secondary N) is 2. The summed E-state index contributed by atoms with van der Waals surface area (Å²) in [5, 5.41) is 5.42. The van der Waals surface area contributed by atoms with Gasteiger partial charge in [0, 0.05) is 27.1 Å². The van der Waals surface area contributed by atoms with E-state index < -0.39 is 11.9 Å². The lowest BCUT2D eigenvalue weighted by Gasteiger charge is -2.14. The molecule has 0 aliphatic rings. The number of aromatic nitrogens is 1. The number of hydrazone groups is 1. The van der Waals surface area contributed by atoms with E-state index in [9.17, 15) is 9.59 Å². The molecule has 242 valence electrons. The lowest BCUT2D eigenvalue weighted by molar-refractivity contribution is 0.0728. The summed E-state index contributed by atoms with van der Waals surface area (Å²) in [5.74, 6) is 0.917. The summed E-state index contributed by atoms with van der Waals surface area (Å²) in [6.45, 7) is 2.40. The molecular formula is C35H32ClN3O8. The van der Waals surface area contributed by atoms with Gasteiger partial charge in [0.15, 0.2) is 23.0 Å². The number of nitrogens with zero attached hydrogens (tertiary/aromatic N) is 1. The molecule has 1 heterocycles. The number of halogens is 1. The first-order chi connectivity index (χ1) is 22.8. The van der Waals surface area contributed by atoms with Crippen LogP contribution >= 0.6 is 11.6 Å². The highest BCUT2D eigenvalue weighted by Gasteiger charge is 2.22. The van der Waals surface area contributed by atoms with E-state index in [0.29, 0.717) is 51.3 Å². The zero-order valence-corrected chi connectivity index (χ0v) is 27.1. The standard InChI is InChI=1S/C35H32ClN3O8/c1-6-46-22-12-13-26-24(18-22)31(23-9-7-8-10-25(23)36)32(38-26)34(40)39-37-19-20-11-14-27(28(15-20)42-2)47-35(41)21-16-29(43-3)33(45-5)30(17-21)44-4/h7-19,38H,6H2,1-5H3,(H,39,40). The molecular weight excluding hydrogens is 626 g/mol. The zero-order chi connectivity index (χ0) is 33.5. The molecule has 2 N–H and O–H groups in total. The Kier molecular flexibility index (Phi) is 10.2. The highest BCUT2D eigenvalue weighted by Crippen LogP contribution is 2.40. The van der Waals surface area contributed by atoms with Crippen LogP contribution in [0.5, 0.6) is 34.5 Å². The van der Waals surface area contributed by atoms with Gasteiger partial charge in [-0.2, -0.15) is 5.10 Å². The predicted octanol–water partition coefficient (Wildman–Crippen LogP) is 6.90. The van der Waals surface area contributed by atoms with Crippen LogP contribution in [0, 0.1) is 0 Å². The number of methoxy groups -OCH3 is 4. The van der Waals surface area contributed by atoms with Crippen molar-refractivity contribution in [3.63, 3.8) is 0 Å². The molecule has 12 heteroatoms. The minimum absolute atomic E-state index is 0.168. The van der Waals surface area contributed by atoms with Gasteiger partial charge in [-0.3, -0.25) is 4.79 Å². The average Bonchev–Trinajstić information content (AvgIpc) is 3.47. The summed E-state index contributed by atoms with van der Waals surface area (Å²) >= 11 is 6.56. The maximum Gasteiger partial charge on any atom is 0.343 e. The van der Waals surface area contributed by atoms with Crippen molar-refractivity contribution in [2.24, 2.45) is 5.10 Å². The maximum atomic E-state index is 13.4. The number of fused-ring (bicyclic) bond motifs is 1. The van der Waals surface area contributed by atoms with Gasteiger partial charge >= 0.3 is 5.97 Å². The fourth-order valence-electron chi connectivity index (χ4n) is 4.97. The van der Waals surface area contributed by atoms with Crippen LogP contribution in [0.1, 0.15) is 33.3 Å². The molecule has 0 aliphatic heterocycles. The number of benzene rings is 4. The number of H-pyrrole nitrogens is 1. The molecule has 0 aliphatic carbocycles. The molecule has 1 amide bonds. The van der Waals surface area contributed by atoms with Crippen molar-refractivity contribution >= 4 is 40.6 Å². The average molecular weight is 658 g/mol. The van der Waals surface area contributed by atoms with Crippen LogP contribution in [0.3, 0.4) is 0 Å². The Morgan fingerprint density at radius 1 is 0.851 bits per heavy atom. The molecule has 0 saturated carbocycles. The first-order valence-electron chi connectivity index (χ1n) is 14.4. The summed E-state index contributed by atoms with van der Waals surface area (Å²) in [4.78, 5) is 29.7. The van der Waals surface area contributed by atoms with Crippen LogP contribution in [-0.2, 0) is 0 Å². The van der Waals surface area contributed by atoms with E-state index in [1.807, 2.05) is 43.3 Å². The van der Waals surface area contributed by atoms with Crippen molar-refractivity contribution in [2.75, 3.05) is 35.0 Å². The van der Waals surface area contributed by atoms with E-state index >= 15 is 0 Å². The van der Waals surface area contributed by atoms with E-state index in [4.69, 9.17) is 40.0 Å². The molecule has 0 radical (unpaired) electrons. The molecule has 0 spiro atoms. The van der Waals surface area contributed by atoms with Gasteiger partial charge in [-0.05, 0) is 67.1 Å². The molecule has 0 unspecified atom stereocenters. The van der Waals surface area contributed by atoms with Crippen LogP contribution in [0.2, 0.25) is 5.02 Å². The van der Waals surface area contributed by atoms with E-state index in [0.717, 1.165) is 10.9 Å². The van der Waals surface area contributed by atoms with Gasteiger partial charge in [0.1, 0.15) is 11.4 Å².